The number of hydrogen-bond acceptors (Lipinski definition) is 5. The first-order valence-corrected chi connectivity index (χ1v) is 5.79. The summed E-state index contributed by atoms with van der Waals surface area (Å²) in [6, 6.07) is 5.38. The third-order valence-electron chi connectivity index (χ3n) is 2.13. The summed E-state index contributed by atoms with van der Waals surface area (Å²) in [4.78, 5) is 4.02. The van der Waals surface area contributed by atoms with Gasteiger partial charge in [0.1, 0.15) is 5.75 Å². The van der Waals surface area contributed by atoms with Gasteiger partial charge in [0.2, 0.25) is 11.7 Å². The van der Waals surface area contributed by atoms with Gasteiger partial charge >= 0.3 is 0 Å². The van der Waals surface area contributed by atoms with Crippen molar-refractivity contribution in [2.45, 2.75) is 20.1 Å². The molecule has 17 heavy (non-hydrogen) atoms. The molecule has 5 nitrogen and oxygen atoms in total. The van der Waals surface area contributed by atoms with Gasteiger partial charge in [-0.1, -0.05) is 21.1 Å². The van der Waals surface area contributed by atoms with Crippen molar-refractivity contribution < 1.29 is 14.4 Å². The molecule has 1 heterocycles. The maximum atomic E-state index is 9.11. The molecule has 0 spiro atoms. The van der Waals surface area contributed by atoms with Crippen molar-refractivity contribution >= 4 is 15.9 Å². The molecule has 1 N–H and O–H groups in total. The van der Waals surface area contributed by atoms with Gasteiger partial charge in [-0.3, -0.25) is 0 Å². The van der Waals surface area contributed by atoms with Crippen LogP contribution in [0.4, 0.5) is 0 Å². The number of hydrogen-bond donors (Lipinski definition) is 1. The minimum atomic E-state index is -0.0426. The van der Waals surface area contributed by atoms with Crippen LogP contribution >= 0.6 is 15.9 Å². The number of aliphatic hydroxyl groups excluding tert-OH is 1. The molecule has 0 atom stereocenters. The quantitative estimate of drug-likeness (QED) is 0.937. The van der Waals surface area contributed by atoms with E-state index in [0.717, 1.165) is 10.0 Å². The van der Waals surface area contributed by atoms with Crippen LogP contribution in [0.25, 0.3) is 0 Å². The maximum absolute atomic E-state index is 9.11. The number of aliphatic hydroxyl groups is 1. The van der Waals surface area contributed by atoms with Gasteiger partial charge in [-0.2, -0.15) is 4.98 Å². The Morgan fingerprint density at radius 2 is 2.29 bits per heavy atom. The zero-order chi connectivity index (χ0) is 12.3. The smallest absolute Gasteiger partial charge is 0.223 e. The predicted molar refractivity (Wildman–Crippen MR) is 63.4 cm³/mol. The summed E-state index contributed by atoms with van der Waals surface area (Å²) in [5.41, 5.74) is 0.770. The Bertz CT molecular complexity index is 513. The molecule has 0 saturated heterocycles. The number of aryl methyl sites for hydroxylation is 1. The fraction of sp³-hybridized carbons (Fsp3) is 0.273. The number of ether oxygens (including phenoxy) is 1. The topological polar surface area (TPSA) is 68.4 Å². The van der Waals surface area contributed by atoms with Crippen molar-refractivity contribution in [1.82, 2.24) is 10.1 Å². The molecule has 0 bridgehead atoms. The van der Waals surface area contributed by atoms with E-state index in [-0.39, 0.29) is 13.2 Å². The summed E-state index contributed by atoms with van der Waals surface area (Å²) in [7, 11) is 0. The van der Waals surface area contributed by atoms with Crippen LogP contribution in [0.3, 0.4) is 0 Å². The van der Waals surface area contributed by atoms with Crippen LogP contribution < -0.4 is 4.74 Å². The van der Waals surface area contributed by atoms with Gasteiger partial charge in [0.25, 0.3) is 0 Å². The predicted octanol–water partition coefficient (Wildman–Crippen LogP) is 2.21. The van der Waals surface area contributed by atoms with E-state index in [0.29, 0.717) is 17.5 Å². The van der Waals surface area contributed by atoms with Crippen molar-refractivity contribution in [1.29, 1.82) is 0 Å². The van der Waals surface area contributed by atoms with Crippen molar-refractivity contribution in [3.05, 3.63) is 40.0 Å². The van der Waals surface area contributed by atoms with Gasteiger partial charge in [0, 0.05) is 11.4 Å². The lowest BCUT2D eigenvalue weighted by Crippen LogP contribution is -1.98. The summed E-state index contributed by atoms with van der Waals surface area (Å²) in [5, 5.41) is 12.8. The molecular weight excluding hydrogens is 288 g/mol. The summed E-state index contributed by atoms with van der Waals surface area (Å²) in [6.45, 7) is 1.92. The fourth-order valence-corrected chi connectivity index (χ4v) is 1.68. The van der Waals surface area contributed by atoms with Crippen LogP contribution in [-0.2, 0) is 13.2 Å². The Balaban J connectivity index is 2.04. The highest BCUT2D eigenvalue weighted by molar-refractivity contribution is 9.10. The SMILES string of the molecule is Cc1nc(COc2ccc(Br)c(CO)c2)no1. The largest absolute Gasteiger partial charge is 0.485 e. The van der Waals surface area contributed by atoms with Crippen LogP contribution in [0.1, 0.15) is 17.3 Å². The number of halogens is 1. The molecule has 0 aliphatic rings. The zero-order valence-corrected chi connectivity index (χ0v) is 10.8. The average Bonchev–Trinajstić information content (AvgIpc) is 2.74. The molecule has 2 rings (SSSR count). The maximum Gasteiger partial charge on any atom is 0.223 e. The van der Waals surface area contributed by atoms with Crippen LogP contribution in [0.15, 0.2) is 27.2 Å². The number of nitrogens with zero attached hydrogens (tertiary/aromatic N) is 2. The number of benzene rings is 1. The van der Waals surface area contributed by atoms with E-state index in [9.17, 15) is 0 Å². The molecule has 2 aromatic rings. The van der Waals surface area contributed by atoms with Gasteiger partial charge in [-0.25, -0.2) is 0 Å². The van der Waals surface area contributed by atoms with Gasteiger partial charge in [-0.05, 0) is 23.8 Å². The average molecular weight is 299 g/mol. The molecule has 0 unspecified atom stereocenters. The lowest BCUT2D eigenvalue weighted by Gasteiger charge is -2.06. The fourth-order valence-electron chi connectivity index (χ4n) is 1.31. The zero-order valence-electron chi connectivity index (χ0n) is 9.18. The van der Waals surface area contributed by atoms with E-state index < -0.39 is 0 Å². The molecule has 1 aromatic heterocycles. The standard InChI is InChI=1S/C11H11BrN2O3/c1-7-13-11(14-17-7)6-16-9-2-3-10(12)8(4-9)5-15/h2-4,15H,5-6H2,1H3. The first-order chi connectivity index (χ1) is 8.19. The van der Waals surface area contributed by atoms with Crippen molar-refractivity contribution in [3.8, 4) is 5.75 Å². The van der Waals surface area contributed by atoms with Crippen LogP contribution in [-0.4, -0.2) is 15.2 Å². The third kappa shape index (κ3) is 3.04. The second-order valence-corrected chi connectivity index (χ2v) is 4.28. The second kappa shape index (κ2) is 5.29. The Kier molecular flexibility index (Phi) is 3.75. The molecular formula is C11H11BrN2O3. The summed E-state index contributed by atoms with van der Waals surface area (Å²) < 4.78 is 11.2. The van der Waals surface area contributed by atoms with Gasteiger partial charge < -0.3 is 14.4 Å². The first-order valence-electron chi connectivity index (χ1n) is 5.00. The minimum absolute atomic E-state index is 0.0426. The Morgan fingerprint density at radius 3 is 2.94 bits per heavy atom. The highest BCUT2D eigenvalue weighted by Crippen LogP contribution is 2.23. The molecule has 1 aromatic carbocycles. The van der Waals surface area contributed by atoms with Crippen molar-refractivity contribution in [3.63, 3.8) is 0 Å². The van der Waals surface area contributed by atoms with Gasteiger partial charge in [0.05, 0.1) is 6.61 Å². The number of aromatic nitrogens is 2. The monoisotopic (exact) mass is 298 g/mol. The minimum Gasteiger partial charge on any atom is -0.485 e. The Hall–Kier alpha value is -1.40. The van der Waals surface area contributed by atoms with Gasteiger partial charge in [0.15, 0.2) is 6.61 Å². The van der Waals surface area contributed by atoms with E-state index in [1.54, 1.807) is 19.1 Å². The molecule has 0 saturated carbocycles. The normalized spacial score (nSPS) is 10.5. The summed E-state index contributed by atoms with van der Waals surface area (Å²) in [6.07, 6.45) is 0. The van der Waals surface area contributed by atoms with Gasteiger partial charge in [-0.15, -0.1) is 0 Å². The van der Waals surface area contributed by atoms with E-state index in [1.807, 2.05) is 6.07 Å². The lowest BCUT2D eigenvalue weighted by molar-refractivity contribution is 0.273. The van der Waals surface area contributed by atoms with Crippen molar-refractivity contribution in [2.75, 3.05) is 0 Å². The Labute approximate surface area is 107 Å². The highest BCUT2D eigenvalue weighted by Gasteiger charge is 2.05. The third-order valence-corrected chi connectivity index (χ3v) is 2.90. The second-order valence-electron chi connectivity index (χ2n) is 3.43. The van der Waals surface area contributed by atoms with Crippen LogP contribution in [0.2, 0.25) is 0 Å². The summed E-state index contributed by atoms with van der Waals surface area (Å²) >= 11 is 3.33. The highest BCUT2D eigenvalue weighted by atomic mass is 79.9. The van der Waals surface area contributed by atoms with Crippen molar-refractivity contribution in [2.24, 2.45) is 0 Å². The van der Waals surface area contributed by atoms with Crippen LogP contribution in [0, 0.1) is 6.92 Å². The lowest BCUT2D eigenvalue weighted by atomic mass is 10.2. The van der Waals surface area contributed by atoms with E-state index in [4.69, 9.17) is 14.4 Å². The molecule has 0 fully saturated rings. The number of rotatable bonds is 4. The molecule has 0 aliphatic heterocycles. The molecule has 0 amide bonds. The molecule has 0 aliphatic carbocycles. The molecule has 6 heteroatoms. The van der Waals surface area contributed by atoms with Crippen LogP contribution in [0.5, 0.6) is 5.75 Å². The first kappa shape index (κ1) is 12.1. The van der Waals surface area contributed by atoms with E-state index >= 15 is 0 Å². The molecule has 0 radical (unpaired) electrons. The Morgan fingerprint density at radius 1 is 1.47 bits per heavy atom. The van der Waals surface area contributed by atoms with E-state index in [1.165, 1.54) is 0 Å². The molecule has 90 valence electrons. The van der Waals surface area contributed by atoms with E-state index in [2.05, 4.69) is 26.1 Å². The summed E-state index contributed by atoms with van der Waals surface area (Å²) in [5.74, 6) is 1.66.